The Morgan fingerprint density at radius 3 is 2.46 bits per heavy atom. The number of phenolic OH excluding ortho intramolecular Hbond substituents is 1. The molecule has 0 fully saturated rings. The number of nitrogens with one attached hydrogen (secondary N) is 2. The van der Waals surface area contributed by atoms with Crippen molar-refractivity contribution in [3.8, 4) is 5.75 Å². The monoisotopic (exact) mass is 393 g/mol. The van der Waals surface area contributed by atoms with Crippen LogP contribution in [0.1, 0.15) is 0 Å². The Hall–Kier alpha value is -2.95. The normalized spacial score (nSPS) is 11.2. The van der Waals surface area contributed by atoms with Gasteiger partial charge >= 0.3 is 0 Å². The van der Waals surface area contributed by atoms with E-state index in [1.54, 1.807) is 6.07 Å². The molecular weight excluding hydrogens is 382 g/mol. The number of anilines is 4. The predicted molar refractivity (Wildman–Crippen MR) is 95.8 cm³/mol. The highest BCUT2D eigenvalue weighted by atomic mass is 35.5. The first-order valence-electron chi connectivity index (χ1n) is 7.10. The lowest BCUT2D eigenvalue weighted by Crippen LogP contribution is -2.04. The maximum absolute atomic E-state index is 11.2. The molecule has 3 rings (SSSR count). The smallest absolute Gasteiger partial charge is 0.294 e. The maximum atomic E-state index is 11.2. The molecule has 0 radical (unpaired) electrons. The number of phenols is 1. The number of benzene rings is 2. The van der Waals surface area contributed by atoms with Crippen molar-refractivity contribution in [2.45, 2.75) is 4.90 Å². The van der Waals surface area contributed by atoms with Gasteiger partial charge in [-0.25, -0.2) is 9.97 Å². The summed E-state index contributed by atoms with van der Waals surface area (Å²) in [6.45, 7) is 0. The number of aromatic nitrogens is 3. The molecule has 0 bridgehead atoms. The Bertz CT molecular complexity index is 1060. The largest absolute Gasteiger partial charge is 0.506 e. The second kappa shape index (κ2) is 7.12. The van der Waals surface area contributed by atoms with Gasteiger partial charge in [0.15, 0.2) is 0 Å². The molecule has 2 aromatic carbocycles. The first kappa shape index (κ1) is 17.9. The zero-order valence-electron chi connectivity index (χ0n) is 13.0. The SMILES string of the molecule is O=S(=O)(O)c1cccc(Nc2ncnc(Nc3cc(Cl)ccc3O)n2)c1. The van der Waals surface area contributed by atoms with Crippen molar-refractivity contribution in [2.75, 3.05) is 10.6 Å². The molecule has 0 spiro atoms. The highest BCUT2D eigenvalue weighted by Gasteiger charge is 2.11. The molecule has 1 aromatic heterocycles. The van der Waals surface area contributed by atoms with Crippen LogP contribution in [0.5, 0.6) is 5.75 Å². The maximum Gasteiger partial charge on any atom is 0.294 e. The van der Waals surface area contributed by atoms with Gasteiger partial charge in [-0.3, -0.25) is 4.55 Å². The quantitative estimate of drug-likeness (QED) is 0.380. The van der Waals surface area contributed by atoms with Gasteiger partial charge in [0.2, 0.25) is 11.9 Å². The Morgan fingerprint density at radius 1 is 1.00 bits per heavy atom. The summed E-state index contributed by atoms with van der Waals surface area (Å²) >= 11 is 5.89. The average Bonchev–Trinajstić information content (AvgIpc) is 2.58. The lowest BCUT2D eigenvalue weighted by atomic mass is 10.3. The Labute approximate surface area is 153 Å². The highest BCUT2D eigenvalue weighted by Crippen LogP contribution is 2.28. The first-order chi connectivity index (χ1) is 12.3. The summed E-state index contributed by atoms with van der Waals surface area (Å²) in [7, 11) is -4.32. The first-order valence-corrected chi connectivity index (χ1v) is 8.92. The van der Waals surface area contributed by atoms with E-state index in [1.165, 1.54) is 42.7 Å². The number of nitrogens with zero attached hydrogens (tertiary/aromatic N) is 3. The van der Waals surface area contributed by atoms with Crippen molar-refractivity contribution < 1.29 is 18.1 Å². The minimum Gasteiger partial charge on any atom is -0.506 e. The van der Waals surface area contributed by atoms with E-state index in [1.807, 2.05) is 0 Å². The molecule has 26 heavy (non-hydrogen) atoms. The van der Waals surface area contributed by atoms with Crippen LogP contribution in [-0.4, -0.2) is 33.0 Å². The van der Waals surface area contributed by atoms with Gasteiger partial charge < -0.3 is 15.7 Å². The summed E-state index contributed by atoms with van der Waals surface area (Å²) < 4.78 is 31.5. The van der Waals surface area contributed by atoms with E-state index >= 15 is 0 Å². The number of hydrogen-bond acceptors (Lipinski definition) is 8. The molecule has 9 nitrogen and oxygen atoms in total. The van der Waals surface area contributed by atoms with Crippen LogP contribution in [0.15, 0.2) is 53.7 Å². The second-order valence-electron chi connectivity index (χ2n) is 5.05. The van der Waals surface area contributed by atoms with Gasteiger partial charge in [-0.1, -0.05) is 17.7 Å². The van der Waals surface area contributed by atoms with E-state index < -0.39 is 10.1 Å². The van der Waals surface area contributed by atoms with Gasteiger partial charge in [0.05, 0.1) is 10.6 Å². The molecule has 0 saturated carbocycles. The lowest BCUT2D eigenvalue weighted by Gasteiger charge is -2.09. The Morgan fingerprint density at radius 2 is 1.73 bits per heavy atom. The van der Waals surface area contributed by atoms with Crippen LogP contribution in [0, 0.1) is 0 Å². The molecule has 11 heteroatoms. The molecule has 134 valence electrons. The third kappa shape index (κ3) is 4.36. The minimum absolute atomic E-state index is 0.0369. The van der Waals surface area contributed by atoms with Crippen LogP contribution in [0.2, 0.25) is 5.02 Å². The number of aromatic hydroxyl groups is 1. The van der Waals surface area contributed by atoms with E-state index in [2.05, 4.69) is 25.6 Å². The summed E-state index contributed by atoms with van der Waals surface area (Å²) in [5.41, 5.74) is 0.658. The van der Waals surface area contributed by atoms with Gasteiger partial charge in [-0.15, -0.1) is 0 Å². The molecule has 0 amide bonds. The lowest BCUT2D eigenvalue weighted by molar-refractivity contribution is 0.477. The van der Waals surface area contributed by atoms with Crippen molar-refractivity contribution in [3.05, 3.63) is 53.8 Å². The summed E-state index contributed by atoms with van der Waals surface area (Å²) in [5, 5.41) is 15.8. The predicted octanol–water partition coefficient (Wildman–Crippen LogP) is 2.96. The summed E-state index contributed by atoms with van der Waals surface area (Å²) in [4.78, 5) is 11.7. The van der Waals surface area contributed by atoms with Crippen molar-refractivity contribution in [1.82, 2.24) is 15.0 Å². The standard InChI is InChI=1S/C15H12ClN5O4S/c16-9-4-5-13(22)12(6-9)20-15-18-8-17-14(21-15)19-10-2-1-3-11(7-10)26(23,24)25/h1-8,22H,(H,23,24,25)(H2,17,18,19,20,21). The van der Waals surface area contributed by atoms with Gasteiger partial charge in [0.1, 0.15) is 12.1 Å². The summed E-state index contributed by atoms with van der Waals surface area (Å²) in [6.07, 6.45) is 1.23. The van der Waals surface area contributed by atoms with Crippen LogP contribution in [0.25, 0.3) is 0 Å². The highest BCUT2D eigenvalue weighted by molar-refractivity contribution is 7.85. The average molecular weight is 394 g/mol. The van der Waals surface area contributed by atoms with E-state index in [0.717, 1.165) is 0 Å². The topological polar surface area (TPSA) is 137 Å². The fourth-order valence-electron chi connectivity index (χ4n) is 2.01. The van der Waals surface area contributed by atoms with Crippen LogP contribution in [0.4, 0.5) is 23.3 Å². The third-order valence-corrected chi connectivity index (χ3v) is 4.25. The zero-order valence-corrected chi connectivity index (χ0v) is 14.5. The van der Waals surface area contributed by atoms with E-state index in [4.69, 9.17) is 16.2 Å². The molecule has 0 aliphatic carbocycles. The minimum atomic E-state index is -4.32. The number of hydrogen-bond donors (Lipinski definition) is 4. The van der Waals surface area contributed by atoms with Crippen molar-refractivity contribution in [1.29, 1.82) is 0 Å². The van der Waals surface area contributed by atoms with Gasteiger partial charge in [0, 0.05) is 10.7 Å². The molecule has 0 atom stereocenters. The van der Waals surface area contributed by atoms with Crippen molar-refractivity contribution >= 4 is 45.0 Å². The van der Waals surface area contributed by atoms with E-state index in [9.17, 15) is 13.5 Å². The van der Waals surface area contributed by atoms with Gasteiger partial charge in [-0.05, 0) is 36.4 Å². The fourth-order valence-corrected chi connectivity index (χ4v) is 2.71. The van der Waals surface area contributed by atoms with Gasteiger partial charge in [0.25, 0.3) is 10.1 Å². The Balaban J connectivity index is 1.83. The molecule has 0 aliphatic heterocycles. The molecule has 0 unspecified atom stereocenters. The molecule has 0 aliphatic rings. The number of rotatable bonds is 5. The van der Waals surface area contributed by atoms with E-state index in [-0.39, 0.29) is 22.5 Å². The summed E-state index contributed by atoms with van der Waals surface area (Å²) in [5.74, 6) is 0.215. The van der Waals surface area contributed by atoms with Crippen LogP contribution >= 0.6 is 11.6 Å². The molecule has 1 heterocycles. The van der Waals surface area contributed by atoms with Crippen LogP contribution < -0.4 is 10.6 Å². The van der Waals surface area contributed by atoms with Crippen molar-refractivity contribution in [2.24, 2.45) is 0 Å². The Kier molecular flexibility index (Phi) is 4.89. The fraction of sp³-hybridized carbons (Fsp3) is 0. The number of halogens is 1. The summed E-state index contributed by atoms with van der Waals surface area (Å²) in [6, 6.07) is 9.97. The third-order valence-electron chi connectivity index (χ3n) is 3.16. The molecule has 3 aromatic rings. The zero-order chi connectivity index (χ0) is 18.7. The molecular formula is C15H12ClN5O4S. The van der Waals surface area contributed by atoms with Gasteiger partial charge in [-0.2, -0.15) is 13.4 Å². The van der Waals surface area contributed by atoms with Crippen LogP contribution in [0.3, 0.4) is 0 Å². The van der Waals surface area contributed by atoms with Crippen LogP contribution in [-0.2, 0) is 10.1 Å². The van der Waals surface area contributed by atoms with E-state index in [0.29, 0.717) is 16.4 Å². The molecule has 4 N–H and O–H groups in total. The molecule has 0 saturated heterocycles. The second-order valence-corrected chi connectivity index (χ2v) is 6.91. The van der Waals surface area contributed by atoms with Crippen molar-refractivity contribution in [3.63, 3.8) is 0 Å².